The molecule has 2 amide bonds. The van der Waals surface area contributed by atoms with Gasteiger partial charge in [0.15, 0.2) is 0 Å². The molecule has 1 aliphatic rings. The Hall–Kier alpha value is -2.04. The molecular formula is C21H32N2O3. The second kappa shape index (κ2) is 10.8. The van der Waals surface area contributed by atoms with Gasteiger partial charge in [0.25, 0.3) is 0 Å². The average molecular weight is 360 g/mol. The molecule has 0 saturated heterocycles. The quantitative estimate of drug-likeness (QED) is 0.664. The molecule has 1 fully saturated rings. The van der Waals surface area contributed by atoms with Crippen molar-refractivity contribution >= 4 is 11.8 Å². The first-order chi connectivity index (χ1) is 12.6. The van der Waals surface area contributed by atoms with Crippen LogP contribution in [0.15, 0.2) is 18.2 Å². The molecule has 2 rings (SSSR count). The molecule has 1 aromatic rings. The number of ether oxygens (including phenoxy) is 1. The van der Waals surface area contributed by atoms with E-state index in [2.05, 4.69) is 10.6 Å². The Morgan fingerprint density at radius 1 is 1.04 bits per heavy atom. The lowest BCUT2D eigenvalue weighted by Crippen LogP contribution is -2.38. The van der Waals surface area contributed by atoms with Crippen molar-refractivity contribution in [2.24, 2.45) is 5.92 Å². The van der Waals surface area contributed by atoms with Crippen molar-refractivity contribution in [2.45, 2.75) is 58.8 Å². The summed E-state index contributed by atoms with van der Waals surface area (Å²) in [6.07, 6.45) is 6.65. The summed E-state index contributed by atoms with van der Waals surface area (Å²) >= 11 is 0. The molecular weight excluding hydrogens is 328 g/mol. The molecule has 0 bridgehead atoms. The number of amides is 2. The van der Waals surface area contributed by atoms with Crippen LogP contribution in [0.3, 0.4) is 0 Å². The van der Waals surface area contributed by atoms with Gasteiger partial charge in [-0.15, -0.1) is 0 Å². The first-order valence-electron chi connectivity index (χ1n) is 9.81. The van der Waals surface area contributed by atoms with Crippen LogP contribution in [0.4, 0.5) is 0 Å². The standard InChI is InChI=1S/C21H32N2O3/c1-16-8-6-9-17(2)20(16)26-15-7-12-19(24)22-13-14-23-21(25)18-10-4-3-5-11-18/h6,8-9,18H,3-5,7,10-15H2,1-2H3,(H,22,24)(H,23,25). The van der Waals surface area contributed by atoms with Crippen molar-refractivity contribution in [1.29, 1.82) is 0 Å². The Kier molecular flexibility index (Phi) is 8.45. The maximum Gasteiger partial charge on any atom is 0.223 e. The van der Waals surface area contributed by atoms with Crippen LogP contribution in [0.1, 0.15) is 56.1 Å². The summed E-state index contributed by atoms with van der Waals surface area (Å²) in [6, 6.07) is 6.06. The molecule has 0 heterocycles. The van der Waals surface area contributed by atoms with Crippen LogP contribution in [0.25, 0.3) is 0 Å². The fourth-order valence-corrected chi connectivity index (χ4v) is 3.42. The number of nitrogens with one attached hydrogen (secondary N) is 2. The van der Waals surface area contributed by atoms with Gasteiger partial charge in [0.05, 0.1) is 6.61 Å². The van der Waals surface area contributed by atoms with Gasteiger partial charge in [0, 0.05) is 25.4 Å². The predicted octanol–water partition coefficient (Wildman–Crippen LogP) is 3.28. The van der Waals surface area contributed by atoms with E-state index in [1.54, 1.807) is 0 Å². The molecule has 1 aromatic carbocycles. The van der Waals surface area contributed by atoms with Crippen LogP contribution >= 0.6 is 0 Å². The van der Waals surface area contributed by atoms with Gasteiger partial charge in [0.1, 0.15) is 5.75 Å². The molecule has 26 heavy (non-hydrogen) atoms. The third-order valence-electron chi connectivity index (χ3n) is 4.93. The van der Waals surface area contributed by atoms with E-state index in [1.165, 1.54) is 6.42 Å². The van der Waals surface area contributed by atoms with Gasteiger partial charge in [-0.3, -0.25) is 9.59 Å². The van der Waals surface area contributed by atoms with Crippen molar-refractivity contribution in [1.82, 2.24) is 10.6 Å². The lowest BCUT2D eigenvalue weighted by atomic mass is 9.89. The lowest BCUT2D eigenvalue weighted by molar-refractivity contribution is -0.126. The maximum absolute atomic E-state index is 12.0. The Bertz CT molecular complexity index is 575. The average Bonchev–Trinajstić information content (AvgIpc) is 2.64. The molecule has 0 unspecified atom stereocenters. The Labute approximate surface area is 156 Å². The Balaban J connectivity index is 1.53. The third kappa shape index (κ3) is 6.70. The molecule has 5 heteroatoms. The number of hydrogen-bond donors (Lipinski definition) is 2. The second-order valence-corrected chi connectivity index (χ2v) is 7.15. The normalized spacial score (nSPS) is 14.7. The van der Waals surface area contributed by atoms with Gasteiger partial charge in [-0.05, 0) is 44.2 Å². The predicted molar refractivity (Wildman–Crippen MR) is 103 cm³/mol. The fourth-order valence-electron chi connectivity index (χ4n) is 3.42. The summed E-state index contributed by atoms with van der Waals surface area (Å²) in [5.41, 5.74) is 2.23. The highest BCUT2D eigenvalue weighted by atomic mass is 16.5. The molecule has 0 aliphatic heterocycles. The zero-order valence-electron chi connectivity index (χ0n) is 16.1. The van der Waals surface area contributed by atoms with Gasteiger partial charge in [-0.25, -0.2) is 0 Å². The van der Waals surface area contributed by atoms with Crippen LogP contribution in [0.5, 0.6) is 5.75 Å². The van der Waals surface area contributed by atoms with Crippen molar-refractivity contribution in [3.05, 3.63) is 29.3 Å². The van der Waals surface area contributed by atoms with Crippen molar-refractivity contribution < 1.29 is 14.3 Å². The van der Waals surface area contributed by atoms with Gasteiger partial charge >= 0.3 is 0 Å². The van der Waals surface area contributed by atoms with Gasteiger partial charge < -0.3 is 15.4 Å². The topological polar surface area (TPSA) is 67.4 Å². The zero-order chi connectivity index (χ0) is 18.8. The van der Waals surface area contributed by atoms with E-state index in [9.17, 15) is 9.59 Å². The Morgan fingerprint density at radius 3 is 2.38 bits per heavy atom. The third-order valence-corrected chi connectivity index (χ3v) is 4.93. The number of hydrogen-bond acceptors (Lipinski definition) is 3. The molecule has 1 aliphatic carbocycles. The number of carbonyl (C=O) groups is 2. The van der Waals surface area contributed by atoms with E-state index in [0.717, 1.165) is 42.6 Å². The largest absolute Gasteiger partial charge is 0.493 e. The van der Waals surface area contributed by atoms with E-state index in [-0.39, 0.29) is 17.7 Å². The Morgan fingerprint density at radius 2 is 1.69 bits per heavy atom. The van der Waals surface area contributed by atoms with Crippen LogP contribution in [-0.4, -0.2) is 31.5 Å². The monoisotopic (exact) mass is 360 g/mol. The summed E-state index contributed by atoms with van der Waals surface area (Å²) in [5.74, 6) is 1.22. The summed E-state index contributed by atoms with van der Waals surface area (Å²) in [4.78, 5) is 23.9. The fraction of sp³-hybridized carbons (Fsp3) is 0.619. The number of rotatable bonds is 9. The van der Waals surface area contributed by atoms with Gasteiger partial charge in [0.2, 0.25) is 11.8 Å². The van der Waals surface area contributed by atoms with Crippen molar-refractivity contribution in [3.63, 3.8) is 0 Å². The number of para-hydroxylation sites is 1. The molecule has 5 nitrogen and oxygen atoms in total. The first-order valence-corrected chi connectivity index (χ1v) is 9.81. The summed E-state index contributed by atoms with van der Waals surface area (Å²) in [5, 5.41) is 5.78. The van der Waals surface area contributed by atoms with Gasteiger partial charge in [-0.2, -0.15) is 0 Å². The minimum atomic E-state index is 0.00187. The molecule has 144 valence electrons. The maximum atomic E-state index is 12.0. The molecule has 2 N–H and O–H groups in total. The number of aryl methyl sites for hydroxylation is 2. The molecule has 0 aromatic heterocycles. The first kappa shape index (κ1) is 20.3. The smallest absolute Gasteiger partial charge is 0.223 e. The molecule has 0 radical (unpaired) electrons. The summed E-state index contributed by atoms with van der Waals surface area (Å²) < 4.78 is 5.81. The summed E-state index contributed by atoms with van der Waals surface area (Å²) in [7, 11) is 0. The second-order valence-electron chi connectivity index (χ2n) is 7.15. The van der Waals surface area contributed by atoms with E-state index in [1.807, 2.05) is 32.0 Å². The number of benzene rings is 1. The molecule has 0 spiro atoms. The minimum absolute atomic E-state index is 0.00187. The van der Waals surface area contributed by atoms with Crippen molar-refractivity contribution in [3.8, 4) is 5.75 Å². The van der Waals surface area contributed by atoms with Crippen LogP contribution < -0.4 is 15.4 Å². The van der Waals surface area contributed by atoms with Crippen molar-refractivity contribution in [2.75, 3.05) is 19.7 Å². The minimum Gasteiger partial charge on any atom is -0.493 e. The lowest BCUT2D eigenvalue weighted by Gasteiger charge is -2.20. The van der Waals surface area contributed by atoms with E-state index >= 15 is 0 Å². The SMILES string of the molecule is Cc1cccc(C)c1OCCCC(=O)NCCNC(=O)C1CCCCC1. The van der Waals surface area contributed by atoms with E-state index < -0.39 is 0 Å². The molecule has 1 saturated carbocycles. The van der Waals surface area contributed by atoms with E-state index in [4.69, 9.17) is 4.74 Å². The number of carbonyl (C=O) groups excluding carboxylic acids is 2. The van der Waals surface area contributed by atoms with E-state index in [0.29, 0.717) is 32.5 Å². The summed E-state index contributed by atoms with van der Waals surface area (Å²) in [6.45, 7) is 5.56. The zero-order valence-corrected chi connectivity index (χ0v) is 16.1. The van der Waals surface area contributed by atoms with Crippen LogP contribution in [0.2, 0.25) is 0 Å². The highest BCUT2D eigenvalue weighted by Crippen LogP contribution is 2.23. The van der Waals surface area contributed by atoms with Crippen LogP contribution in [-0.2, 0) is 9.59 Å². The highest BCUT2D eigenvalue weighted by Gasteiger charge is 2.20. The van der Waals surface area contributed by atoms with Gasteiger partial charge in [-0.1, -0.05) is 37.5 Å². The molecule has 0 atom stereocenters. The van der Waals surface area contributed by atoms with Crippen LogP contribution in [0, 0.1) is 19.8 Å². The highest BCUT2D eigenvalue weighted by molar-refractivity contribution is 5.79.